The number of carbonyl (C=O) groups is 2. The van der Waals surface area contributed by atoms with Crippen LogP contribution in [0.5, 0.6) is 0 Å². The van der Waals surface area contributed by atoms with Crippen LogP contribution in [0.3, 0.4) is 0 Å². The van der Waals surface area contributed by atoms with Crippen LogP contribution in [0, 0.1) is 0 Å². The SMILES string of the molecule is C[C@H](NC(=O)[C@H]1C[C@H](F)CN1Cc1cccc(C(F)(F)F)c1)c1ccc(C(=O)O)cc1.[LiH]. The first kappa shape index (κ1) is 25.9. The van der Waals surface area contributed by atoms with Gasteiger partial charge in [-0.15, -0.1) is 0 Å². The number of carbonyl (C=O) groups excluding carboxylic acids is 1. The predicted octanol–water partition coefficient (Wildman–Crippen LogP) is 3.54. The fourth-order valence-corrected chi connectivity index (χ4v) is 3.68. The van der Waals surface area contributed by atoms with E-state index in [-0.39, 0.29) is 43.9 Å². The first-order valence-electron chi connectivity index (χ1n) is 9.72. The number of hydrogen-bond donors (Lipinski definition) is 2. The maximum atomic E-state index is 14.1. The van der Waals surface area contributed by atoms with Crippen LogP contribution >= 0.6 is 0 Å². The molecule has 32 heavy (non-hydrogen) atoms. The Morgan fingerprint density at radius 2 is 1.84 bits per heavy atom. The molecule has 1 aliphatic heterocycles. The zero-order valence-corrected chi connectivity index (χ0v) is 16.7. The molecule has 0 aliphatic carbocycles. The maximum absolute atomic E-state index is 14.1. The van der Waals surface area contributed by atoms with Crippen LogP contribution in [0.1, 0.15) is 46.4 Å². The number of rotatable bonds is 6. The predicted molar refractivity (Wildman–Crippen MR) is 112 cm³/mol. The average molecular weight is 446 g/mol. The zero-order valence-electron chi connectivity index (χ0n) is 16.7. The number of aromatic carboxylic acids is 1. The average Bonchev–Trinajstić information content (AvgIpc) is 3.07. The van der Waals surface area contributed by atoms with Crippen molar-refractivity contribution in [3.8, 4) is 0 Å². The summed E-state index contributed by atoms with van der Waals surface area (Å²) in [5.74, 6) is -1.49. The fourth-order valence-electron chi connectivity index (χ4n) is 3.68. The molecule has 1 aliphatic rings. The number of carboxylic acids is 1. The topological polar surface area (TPSA) is 69.6 Å². The summed E-state index contributed by atoms with van der Waals surface area (Å²) in [6.45, 7) is 1.69. The van der Waals surface area contributed by atoms with E-state index >= 15 is 0 Å². The van der Waals surface area contributed by atoms with Gasteiger partial charge in [0.1, 0.15) is 6.17 Å². The van der Waals surface area contributed by atoms with Gasteiger partial charge in [0.2, 0.25) is 5.91 Å². The molecule has 2 aromatic carbocycles. The molecule has 0 spiro atoms. The molecule has 3 rings (SSSR count). The van der Waals surface area contributed by atoms with Crippen molar-refractivity contribution in [3.05, 3.63) is 70.8 Å². The van der Waals surface area contributed by atoms with Crippen LogP contribution in [-0.2, 0) is 17.5 Å². The van der Waals surface area contributed by atoms with E-state index in [1.165, 1.54) is 29.2 Å². The van der Waals surface area contributed by atoms with Crippen molar-refractivity contribution in [2.75, 3.05) is 6.54 Å². The van der Waals surface area contributed by atoms with Crippen LogP contribution in [0.15, 0.2) is 48.5 Å². The van der Waals surface area contributed by atoms with Crippen molar-refractivity contribution in [3.63, 3.8) is 0 Å². The Kier molecular flexibility index (Phi) is 8.52. The first-order chi connectivity index (χ1) is 14.5. The molecule has 5 nitrogen and oxygen atoms in total. The van der Waals surface area contributed by atoms with Crippen molar-refractivity contribution in [2.45, 2.75) is 44.3 Å². The van der Waals surface area contributed by atoms with Crippen molar-refractivity contribution in [1.82, 2.24) is 10.2 Å². The number of hydrogen-bond acceptors (Lipinski definition) is 3. The van der Waals surface area contributed by atoms with E-state index < -0.39 is 41.9 Å². The Morgan fingerprint density at radius 1 is 1.19 bits per heavy atom. The molecule has 10 heteroatoms. The Labute approximate surface area is 195 Å². The summed E-state index contributed by atoms with van der Waals surface area (Å²) in [5.41, 5.74) is 0.350. The van der Waals surface area contributed by atoms with E-state index in [0.717, 1.165) is 12.1 Å². The van der Waals surface area contributed by atoms with E-state index in [1.807, 2.05) is 0 Å². The van der Waals surface area contributed by atoms with E-state index in [2.05, 4.69) is 5.32 Å². The molecule has 0 aromatic heterocycles. The normalized spacial score (nSPS) is 19.8. The van der Waals surface area contributed by atoms with Gasteiger partial charge >= 0.3 is 31.0 Å². The van der Waals surface area contributed by atoms with Gasteiger partial charge in [-0.3, -0.25) is 9.69 Å². The second-order valence-corrected chi connectivity index (χ2v) is 7.63. The van der Waals surface area contributed by atoms with Crippen molar-refractivity contribution < 1.29 is 32.3 Å². The van der Waals surface area contributed by atoms with Crippen LogP contribution in [0.2, 0.25) is 0 Å². The van der Waals surface area contributed by atoms with E-state index in [4.69, 9.17) is 5.11 Å². The Bertz CT molecular complexity index is 953. The summed E-state index contributed by atoms with van der Waals surface area (Å²) < 4.78 is 52.9. The van der Waals surface area contributed by atoms with Crippen LogP contribution in [0.25, 0.3) is 0 Å². The first-order valence-corrected chi connectivity index (χ1v) is 9.72. The van der Waals surface area contributed by atoms with Gasteiger partial charge in [0, 0.05) is 19.5 Å². The molecular weight excluding hydrogens is 423 g/mol. The van der Waals surface area contributed by atoms with Gasteiger partial charge in [-0.25, -0.2) is 9.18 Å². The number of alkyl halides is 4. The number of amides is 1. The number of carboxylic acid groups (broad SMARTS) is 1. The number of likely N-dealkylation sites (tertiary alicyclic amines) is 1. The molecule has 1 amide bonds. The van der Waals surface area contributed by atoms with Gasteiger partial charge in [-0.2, -0.15) is 13.2 Å². The Balaban J connectivity index is 0.00000363. The Hall–Kier alpha value is -2.34. The number of nitrogens with one attached hydrogen (secondary N) is 1. The monoisotopic (exact) mass is 446 g/mol. The van der Waals surface area contributed by atoms with Crippen LogP contribution in [-0.4, -0.2) is 59.5 Å². The molecule has 3 atom stereocenters. The second-order valence-electron chi connectivity index (χ2n) is 7.63. The van der Waals surface area contributed by atoms with Crippen molar-refractivity contribution in [1.29, 1.82) is 0 Å². The number of halogens is 4. The molecule has 2 N–H and O–H groups in total. The summed E-state index contributed by atoms with van der Waals surface area (Å²) in [7, 11) is 0. The van der Waals surface area contributed by atoms with E-state index in [1.54, 1.807) is 19.1 Å². The van der Waals surface area contributed by atoms with Crippen molar-refractivity contribution in [2.24, 2.45) is 0 Å². The molecule has 1 heterocycles. The number of nitrogens with zero attached hydrogens (tertiary/aromatic N) is 1. The summed E-state index contributed by atoms with van der Waals surface area (Å²) in [5, 5.41) is 11.8. The fraction of sp³-hybridized carbons (Fsp3) is 0.364. The van der Waals surface area contributed by atoms with Crippen molar-refractivity contribution >= 4 is 30.7 Å². The molecule has 2 aromatic rings. The summed E-state index contributed by atoms with van der Waals surface area (Å²) in [6.07, 6.45) is -5.78. The standard InChI is InChI=1S/C22H22F4N2O3.Li.H/c1-13(15-5-7-16(8-6-15)21(30)31)27-20(29)19-10-18(23)12-28(19)11-14-3-2-4-17(9-14)22(24,25)26;;/h2-9,13,18-19H,10-12H2,1H3,(H,27,29)(H,30,31);;/t13-,18-,19+;;/m0../s1. The molecule has 0 unspecified atom stereocenters. The van der Waals surface area contributed by atoms with Gasteiger partial charge in [-0.05, 0) is 36.2 Å². The summed E-state index contributed by atoms with van der Waals surface area (Å²) in [4.78, 5) is 25.3. The molecular formula is C22H23F4LiN2O3. The summed E-state index contributed by atoms with van der Waals surface area (Å²) >= 11 is 0. The van der Waals surface area contributed by atoms with Crippen LogP contribution < -0.4 is 5.32 Å². The number of benzene rings is 2. The molecule has 1 saturated heterocycles. The van der Waals surface area contributed by atoms with Gasteiger partial charge in [0.15, 0.2) is 0 Å². The van der Waals surface area contributed by atoms with Gasteiger partial charge in [0.25, 0.3) is 0 Å². The second kappa shape index (κ2) is 10.5. The molecule has 0 saturated carbocycles. The Morgan fingerprint density at radius 3 is 2.44 bits per heavy atom. The third kappa shape index (κ3) is 6.34. The zero-order chi connectivity index (χ0) is 22.8. The van der Waals surface area contributed by atoms with Gasteiger partial charge in [-0.1, -0.05) is 30.3 Å². The molecule has 168 valence electrons. The van der Waals surface area contributed by atoms with Crippen LogP contribution in [0.4, 0.5) is 17.6 Å². The third-order valence-corrected chi connectivity index (χ3v) is 5.31. The van der Waals surface area contributed by atoms with Gasteiger partial charge < -0.3 is 10.4 Å². The molecule has 0 bridgehead atoms. The quantitative estimate of drug-likeness (QED) is 0.526. The minimum absolute atomic E-state index is 0. The summed E-state index contributed by atoms with van der Waals surface area (Å²) in [6, 6.07) is 9.53. The van der Waals surface area contributed by atoms with Gasteiger partial charge in [0.05, 0.1) is 23.2 Å². The third-order valence-electron chi connectivity index (χ3n) is 5.31. The molecule has 1 fully saturated rings. The van der Waals surface area contributed by atoms with E-state index in [9.17, 15) is 27.2 Å². The minimum atomic E-state index is -4.48. The van der Waals surface area contributed by atoms with E-state index in [0.29, 0.717) is 11.1 Å². The molecule has 0 radical (unpaired) electrons.